The highest BCUT2D eigenvalue weighted by Crippen LogP contribution is 2.23. The van der Waals surface area contributed by atoms with Crippen molar-refractivity contribution in [3.63, 3.8) is 0 Å². The number of rotatable bonds is 7. The number of imidazole rings is 1. The van der Waals surface area contributed by atoms with Gasteiger partial charge in [0.1, 0.15) is 0 Å². The highest BCUT2D eigenvalue weighted by Gasteiger charge is 2.13. The van der Waals surface area contributed by atoms with Gasteiger partial charge >= 0.3 is 0 Å². The smallest absolute Gasteiger partial charge is 0.0954 e. The molecular formula is C16H23N3. The number of hydrogen-bond acceptors (Lipinski definition) is 2. The summed E-state index contributed by atoms with van der Waals surface area (Å²) in [5.41, 5.74) is 2.60. The molecule has 0 aliphatic carbocycles. The normalized spacial score (nSPS) is 12.5. The topological polar surface area (TPSA) is 29.9 Å². The van der Waals surface area contributed by atoms with Crippen molar-refractivity contribution >= 4 is 0 Å². The molecule has 0 saturated carbocycles. The Morgan fingerprint density at radius 3 is 2.68 bits per heavy atom. The van der Waals surface area contributed by atoms with E-state index in [0.29, 0.717) is 6.04 Å². The third-order valence-electron chi connectivity index (χ3n) is 3.39. The Morgan fingerprint density at radius 2 is 2.00 bits per heavy atom. The summed E-state index contributed by atoms with van der Waals surface area (Å²) in [6.07, 6.45) is 6.14. The van der Waals surface area contributed by atoms with Gasteiger partial charge < -0.3 is 9.88 Å². The van der Waals surface area contributed by atoms with E-state index in [4.69, 9.17) is 0 Å². The van der Waals surface area contributed by atoms with Gasteiger partial charge in [0.25, 0.3) is 0 Å². The van der Waals surface area contributed by atoms with Crippen LogP contribution in [0.2, 0.25) is 0 Å². The van der Waals surface area contributed by atoms with Crippen LogP contribution in [0.25, 0.3) is 0 Å². The van der Waals surface area contributed by atoms with Crippen molar-refractivity contribution in [2.24, 2.45) is 0 Å². The summed E-state index contributed by atoms with van der Waals surface area (Å²) in [4.78, 5) is 4.32. The second-order valence-electron chi connectivity index (χ2n) is 4.80. The first-order chi connectivity index (χ1) is 9.36. The average Bonchev–Trinajstić information content (AvgIpc) is 2.90. The molecule has 0 amide bonds. The highest BCUT2D eigenvalue weighted by atomic mass is 15.1. The van der Waals surface area contributed by atoms with Crippen molar-refractivity contribution < 1.29 is 0 Å². The minimum Gasteiger partial charge on any atom is -0.326 e. The minimum absolute atomic E-state index is 0.377. The average molecular weight is 257 g/mol. The summed E-state index contributed by atoms with van der Waals surface area (Å²) in [6.45, 7) is 6.34. The van der Waals surface area contributed by atoms with E-state index in [9.17, 15) is 0 Å². The molecule has 0 saturated heterocycles. The van der Waals surface area contributed by atoms with E-state index in [1.807, 2.05) is 12.5 Å². The largest absolute Gasteiger partial charge is 0.326 e. The van der Waals surface area contributed by atoms with Gasteiger partial charge in [-0.05, 0) is 24.9 Å². The van der Waals surface area contributed by atoms with Crippen LogP contribution in [0.15, 0.2) is 42.9 Å². The molecule has 0 aliphatic rings. The highest BCUT2D eigenvalue weighted by molar-refractivity contribution is 5.21. The van der Waals surface area contributed by atoms with Crippen molar-refractivity contribution in [3.05, 3.63) is 54.1 Å². The number of nitrogens with one attached hydrogen (secondary N) is 1. The molecule has 19 heavy (non-hydrogen) atoms. The van der Waals surface area contributed by atoms with Crippen LogP contribution >= 0.6 is 0 Å². The Hall–Kier alpha value is -1.61. The summed E-state index contributed by atoms with van der Waals surface area (Å²) in [5, 5.41) is 3.45. The molecule has 1 N–H and O–H groups in total. The molecular weight excluding hydrogens is 234 g/mol. The van der Waals surface area contributed by atoms with Crippen LogP contribution in [-0.4, -0.2) is 16.1 Å². The van der Waals surface area contributed by atoms with E-state index in [0.717, 1.165) is 25.9 Å². The van der Waals surface area contributed by atoms with Gasteiger partial charge in [0.2, 0.25) is 0 Å². The van der Waals surface area contributed by atoms with Crippen LogP contribution in [0.5, 0.6) is 0 Å². The van der Waals surface area contributed by atoms with Gasteiger partial charge in [-0.1, -0.05) is 44.2 Å². The summed E-state index contributed by atoms with van der Waals surface area (Å²) in [7, 11) is 0. The lowest BCUT2D eigenvalue weighted by molar-refractivity contribution is 0.528. The number of aromatic nitrogens is 2. The zero-order valence-corrected chi connectivity index (χ0v) is 11.8. The molecule has 1 aromatic heterocycles. The number of benzene rings is 1. The van der Waals surface area contributed by atoms with Crippen LogP contribution in [0.4, 0.5) is 0 Å². The Kier molecular flexibility index (Phi) is 5.16. The maximum atomic E-state index is 4.32. The van der Waals surface area contributed by atoms with E-state index < -0.39 is 0 Å². The lowest BCUT2D eigenvalue weighted by Gasteiger charge is -2.20. The van der Waals surface area contributed by atoms with Crippen LogP contribution in [0.3, 0.4) is 0 Å². The first-order valence-corrected chi connectivity index (χ1v) is 7.13. The van der Waals surface area contributed by atoms with Gasteiger partial charge in [-0.2, -0.15) is 0 Å². The van der Waals surface area contributed by atoms with Gasteiger partial charge in [0.05, 0.1) is 18.1 Å². The summed E-state index contributed by atoms with van der Waals surface area (Å²) < 4.78 is 2.29. The van der Waals surface area contributed by atoms with Crippen LogP contribution < -0.4 is 5.32 Å². The molecule has 3 nitrogen and oxygen atoms in total. The molecule has 0 radical (unpaired) electrons. The van der Waals surface area contributed by atoms with Crippen LogP contribution in [-0.2, 0) is 6.54 Å². The van der Waals surface area contributed by atoms with E-state index in [2.05, 4.69) is 59.0 Å². The zero-order valence-electron chi connectivity index (χ0n) is 11.8. The van der Waals surface area contributed by atoms with E-state index in [-0.39, 0.29) is 0 Å². The lowest BCUT2D eigenvalue weighted by atomic mass is 10.0. The zero-order chi connectivity index (χ0) is 13.5. The number of nitrogens with zero attached hydrogens (tertiary/aromatic N) is 2. The van der Waals surface area contributed by atoms with E-state index in [1.165, 1.54) is 11.3 Å². The van der Waals surface area contributed by atoms with Gasteiger partial charge in [0, 0.05) is 12.7 Å². The molecule has 0 aliphatic heterocycles. The lowest BCUT2D eigenvalue weighted by Crippen LogP contribution is -2.19. The summed E-state index contributed by atoms with van der Waals surface area (Å²) in [6, 6.07) is 11.0. The fraction of sp³-hybridized carbons (Fsp3) is 0.438. The first kappa shape index (κ1) is 13.8. The SMILES string of the molecule is CCCNCc1cncn1C(CC)c1ccccc1. The molecule has 2 aromatic rings. The molecule has 0 spiro atoms. The second kappa shape index (κ2) is 7.10. The fourth-order valence-corrected chi connectivity index (χ4v) is 2.41. The van der Waals surface area contributed by atoms with Gasteiger partial charge in [-0.15, -0.1) is 0 Å². The minimum atomic E-state index is 0.377. The third kappa shape index (κ3) is 3.44. The summed E-state index contributed by atoms with van der Waals surface area (Å²) in [5.74, 6) is 0. The Morgan fingerprint density at radius 1 is 1.21 bits per heavy atom. The van der Waals surface area contributed by atoms with Crippen molar-refractivity contribution in [1.82, 2.24) is 14.9 Å². The monoisotopic (exact) mass is 257 g/mol. The Labute approximate surface area is 115 Å². The standard InChI is InChI=1S/C16H23N3/c1-3-10-17-11-15-12-18-13-19(15)16(4-2)14-8-6-5-7-9-14/h5-9,12-13,16-17H,3-4,10-11H2,1-2H3. The molecule has 1 unspecified atom stereocenters. The Balaban J connectivity index is 2.17. The van der Waals surface area contributed by atoms with Crippen LogP contribution in [0, 0.1) is 0 Å². The Bertz CT molecular complexity index is 476. The predicted molar refractivity (Wildman–Crippen MR) is 79.1 cm³/mol. The fourth-order valence-electron chi connectivity index (χ4n) is 2.41. The van der Waals surface area contributed by atoms with Crippen molar-refractivity contribution in [2.45, 2.75) is 39.3 Å². The van der Waals surface area contributed by atoms with Gasteiger partial charge in [-0.3, -0.25) is 0 Å². The van der Waals surface area contributed by atoms with Crippen molar-refractivity contribution in [1.29, 1.82) is 0 Å². The first-order valence-electron chi connectivity index (χ1n) is 7.13. The molecule has 0 bridgehead atoms. The third-order valence-corrected chi connectivity index (χ3v) is 3.39. The predicted octanol–water partition coefficient (Wildman–Crippen LogP) is 3.38. The molecule has 1 atom stereocenters. The molecule has 102 valence electrons. The maximum Gasteiger partial charge on any atom is 0.0954 e. The van der Waals surface area contributed by atoms with E-state index >= 15 is 0 Å². The second-order valence-corrected chi connectivity index (χ2v) is 4.80. The van der Waals surface area contributed by atoms with E-state index in [1.54, 1.807) is 0 Å². The molecule has 3 heteroatoms. The van der Waals surface area contributed by atoms with Gasteiger partial charge in [-0.25, -0.2) is 4.98 Å². The molecule has 1 heterocycles. The summed E-state index contributed by atoms with van der Waals surface area (Å²) >= 11 is 0. The molecule has 0 fully saturated rings. The van der Waals surface area contributed by atoms with Crippen LogP contribution in [0.1, 0.15) is 44.0 Å². The number of hydrogen-bond donors (Lipinski definition) is 1. The molecule has 2 rings (SSSR count). The molecule has 1 aromatic carbocycles. The maximum absolute atomic E-state index is 4.32. The van der Waals surface area contributed by atoms with Gasteiger partial charge in [0.15, 0.2) is 0 Å². The van der Waals surface area contributed by atoms with Crippen molar-refractivity contribution in [2.75, 3.05) is 6.54 Å². The quantitative estimate of drug-likeness (QED) is 0.771. The van der Waals surface area contributed by atoms with Crippen molar-refractivity contribution in [3.8, 4) is 0 Å².